The fourth-order valence-electron chi connectivity index (χ4n) is 3.72. The summed E-state index contributed by atoms with van der Waals surface area (Å²) in [6.45, 7) is 0.306. The van der Waals surface area contributed by atoms with Gasteiger partial charge in [0.2, 0.25) is 5.91 Å². The maximum atomic E-state index is 13.6. The van der Waals surface area contributed by atoms with E-state index in [-0.39, 0.29) is 46.0 Å². The minimum absolute atomic E-state index is 0.00343. The number of nitrogens with one attached hydrogen (secondary N) is 2. The lowest BCUT2D eigenvalue weighted by molar-refractivity contribution is -0.130. The Morgan fingerprint density at radius 3 is 2.71 bits per heavy atom. The lowest BCUT2D eigenvalue weighted by Gasteiger charge is -2.36. The predicted octanol–water partition coefficient (Wildman–Crippen LogP) is 2.82. The topological polar surface area (TPSA) is 134 Å². The number of hydrogen-bond acceptors (Lipinski definition) is 6. The zero-order valence-electron chi connectivity index (χ0n) is 17.7. The Morgan fingerprint density at radius 1 is 1.24 bits per heavy atom. The van der Waals surface area contributed by atoms with Crippen molar-refractivity contribution in [3.8, 4) is 5.75 Å². The maximum absolute atomic E-state index is 13.6. The Kier molecular flexibility index (Phi) is 6.82. The van der Waals surface area contributed by atoms with Crippen LogP contribution in [0.1, 0.15) is 12.8 Å². The molecule has 2 aliphatic heterocycles. The van der Waals surface area contributed by atoms with Crippen molar-refractivity contribution < 1.29 is 37.0 Å². The fraction of sp³-hybridized carbons (Fsp3) is 0.333. The summed E-state index contributed by atoms with van der Waals surface area (Å²) in [6, 6.07) is 7.18. The van der Waals surface area contributed by atoms with Crippen LogP contribution in [0.15, 0.2) is 41.3 Å². The number of amides is 2. The van der Waals surface area contributed by atoms with Crippen LogP contribution in [0, 0.1) is 5.82 Å². The summed E-state index contributed by atoms with van der Waals surface area (Å²) in [7, 11) is -4.26. The number of ether oxygens (including phenoxy) is 2. The van der Waals surface area contributed by atoms with Crippen molar-refractivity contribution in [3.63, 3.8) is 0 Å². The number of carboxylic acid groups (broad SMARTS) is 1. The molecule has 2 aromatic carbocycles. The van der Waals surface area contributed by atoms with Crippen molar-refractivity contribution in [3.05, 3.63) is 47.2 Å². The number of anilines is 2. The van der Waals surface area contributed by atoms with Crippen molar-refractivity contribution in [1.29, 1.82) is 0 Å². The molecule has 0 radical (unpaired) electrons. The molecular formula is C21H21ClFN3O7S. The minimum Gasteiger partial charge on any atom is -0.484 e. The molecular weight excluding hydrogens is 493 g/mol. The number of halogens is 2. The third-order valence-electron chi connectivity index (χ3n) is 5.35. The van der Waals surface area contributed by atoms with E-state index in [1.54, 1.807) is 0 Å². The van der Waals surface area contributed by atoms with Gasteiger partial charge in [-0.15, -0.1) is 0 Å². The quantitative estimate of drug-likeness (QED) is 0.540. The highest BCUT2D eigenvalue weighted by atomic mass is 35.5. The Morgan fingerprint density at radius 2 is 2.03 bits per heavy atom. The molecule has 13 heteroatoms. The monoisotopic (exact) mass is 513 g/mol. The average Bonchev–Trinajstić information content (AvgIpc) is 3.33. The number of rotatable bonds is 6. The fourth-order valence-corrected chi connectivity index (χ4v) is 5.50. The summed E-state index contributed by atoms with van der Waals surface area (Å²) in [5.41, 5.74) is 0.200. The first-order chi connectivity index (χ1) is 16.1. The largest absolute Gasteiger partial charge is 0.484 e. The van der Waals surface area contributed by atoms with Gasteiger partial charge in [0.05, 0.1) is 28.7 Å². The summed E-state index contributed by atoms with van der Waals surface area (Å²) < 4.78 is 52.9. The van der Waals surface area contributed by atoms with Crippen molar-refractivity contribution in [2.75, 3.05) is 29.3 Å². The van der Waals surface area contributed by atoms with Crippen LogP contribution in [-0.2, 0) is 19.6 Å². The van der Waals surface area contributed by atoms with Gasteiger partial charge < -0.3 is 19.9 Å². The van der Waals surface area contributed by atoms with E-state index in [0.717, 1.165) is 28.9 Å². The molecule has 10 nitrogen and oxygen atoms in total. The Labute approximate surface area is 199 Å². The van der Waals surface area contributed by atoms with Gasteiger partial charge in [0.1, 0.15) is 23.8 Å². The Bertz CT molecular complexity index is 1220. The standard InChI is InChI=1S/C21H21ClFN3O7S/c22-15-9-14(4-5-16(15)23)34(30,31)26-11-13(10-24-20(27)19-2-1-7-32-19)33-18-6-3-12(8-17(18)26)25-21(28)29/h3-6,8-9,13,19,25H,1-2,7,10-11H2,(H,24,27)(H,28,29). The van der Waals surface area contributed by atoms with Crippen LogP contribution in [0.2, 0.25) is 5.02 Å². The molecule has 4 rings (SSSR count). The molecule has 2 heterocycles. The maximum Gasteiger partial charge on any atom is 0.409 e. The summed E-state index contributed by atoms with van der Waals surface area (Å²) in [4.78, 5) is 23.1. The van der Waals surface area contributed by atoms with Crippen LogP contribution in [0.25, 0.3) is 0 Å². The summed E-state index contributed by atoms with van der Waals surface area (Å²) >= 11 is 5.80. The Balaban J connectivity index is 1.65. The van der Waals surface area contributed by atoms with Crippen LogP contribution in [-0.4, -0.2) is 57.4 Å². The van der Waals surface area contributed by atoms with E-state index in [4.69, 9.17) is 26.2 Å². The molecule has 0 aliphatic carbocycles. The van der Waals surface area contributed by atoms with Crippen LogP contribution in [0.4, 0.5) is 20.6 Å². The molecule has 0 saturated carbocycles. The molecule has 2 unspecified atom stereocenters. The van der Waals surface area contributed by atoms with Gasteiger partial charge >= 0.3 is 6.09 Å². The second kappa shape index (κ2) is 9.65. The zero-order chi connectivity index (χ0) is 24.5. The zero-order valence-corrected chi connectivity index (χ0v) is 19.2. The molecule has 0 bridgehead atoms. The van der Waals surface area contributed by atoms with Crippen molar-refractivity contribution >= 4 is 45.0 Å². The smallest absolute Gasteiger partial charge is 0.409 e. The first-order valence-electron chi connectivity index (χ1n) is 10.3. The molecule has 2 atom stereocenters. The molecule has 0 spiro atoms. The van der Waals surface area contributed by atoms with Gasteiger partial charge in [-0.3, -0.25) is 14.4 Å². The lowest BCUT2D eigenvalue weighted by Crippen LogP contribution is -2.49. The van der Waals surface area contributed by atoms with E-state index in [9.17, 15) is 22.4 Å². The van der Waals surface area contributed by atoms with Crippen molar-refractivity contribution in [1.82, 2.24) is 5.32 Å². The molecule has 2 amide bonds. The molecule has 182 valence electrons. The van der Waals surface area contributed by atoms with Gasteiger partial charge in [0, 0.05) is 12.3 Å². The van der Waals surface area contributed by atoms with E-state index in [2.05, 4.69) is 10.6 Å². The third-order valence-corrected chi connectivity index (χ3v) is 7.41. The van der Waals surface area contributed by atoms with Gasteiger partial charge in [0.25, 0.3) is 10.0 Å². The van der Waals surface area contributed by atoms with Crippen molar-refractivity contribution in [2.24, 2.45) is 0 Å². The van der Waals surface area contributed by atoms with E-state index in [1.165, 1.54) is 18.2 Å². The average molecular weight is 514 g/mol. The second-order valence-electron chi connectivity index (χ2n) is 7.71. The number of carbonyl (C=O) groups excluding carboxylic acids is 1. The summed E-state index contributed by atoms with van der Waals surface area (Å²) in [5.74, 6) is -0.923. The van der Waals surface area contributed by atoms with Gasteiger partial charge in [0.15, 0.2) is 0 Å². The SMILES string of the molecule is O=C(O)Nc1ccc2c(c1)N(S(=O)(=O)c1ccc(F)c(Cl)c1)CC(CNC(=O)C1CCCO1)O2. The van der Waals surface area contributed by atoms with Crippen LogP contribution in [0.5, 0.6) is 5.75 Å². The van der Waals surface area contributed by atoms with Crippen LogP contribution >= 0.6 is 11.6 Å². The molecule has 34 heavy (non-hydrogen) atoms. The molecule has 2 aliphatic rings. The lowest BCUT2D eigenvalue weighted by atomic mass is 10.2. The van der Waals surface area contributed by atoms with E-state index >= 15 is 0 Å². The van der Waals surface area contributed by atoms with Crippen molar-refractivity contribution in [2.45, 2.75) is 29.9 Å². The number of benzene rings is 2. The molecule has 1 saturated heterocycles. The van der Waals surface area contributed by atoms with E-state index in [1.807, 2.05) is 0 Å². The molecule has 3 N–H and O–H groups in total. The number of sulfonamides is 1. The highest BCUT2D eigenvalue weighted by molar-refractivity contribution is 7.92. The Hall–Kier alpha value is -3.09. The minimum atomic E-state index is -4.26. The van der Waals surface area contributed by atoms with Gasteiger partial charge in [-0.2, -0.15) is 0 Å². The number of carbonyl (C=O) groups is 2. The van der Waals surface area contributed by atoms with Gasteiger partial charge in [-0.1, -0.05) is 11.6 Å². The van der Waals surface area contributed by atoms with Crippen LogP contribution in [0.3, 0.4) is 0 Å². The van der Waals surface area contributed by atoms with Gasteiger partial charge in [-0.25, -0.2) is 17.6 Å². The number of nitrogens with zero attached hydrogens (tertiary/aromatic N) is 1. The second-order valence-corrected chi connectivity index (χ2v) is 9.98. The molecule has 0 aromatic heterocycles. The first kappa shape index (κ1) is 24.0. The summed E-state index contributed by atoms with van der Waals surface area (Å²) in [6.07, 6.45) is -1.26. The first-order valence-corrected chi connectivity index (χ1v) is 12.1. The molecule has 2 aromatic rings. The predicted molar refractivity (Wildman–Crippen MR) is 120 cm³/mol. The highest BCUT2D eigenvalue weighted by Gasteiger charge is 2.36. The third kappa shape index (κ3) is 5.03. The summed E-state index contributed by atoms with van der Waals surface area (Å²) in [5, 5.41) is 13.5. The van der Waals surface area contributed by atoms with E-state index < -0.39 is 34.1 Å². The van der Waals surface area contributed by atoms with E-state index in [0.29, 0.717) is 13.0 Å². The van der Waals surface area contributed by atoms with Crippen LogP contribution < -0.4 is 19.7 Å². The molecule has 1 fully saturated rings. The van der Waals surface area contributed by atoms with Gasteiger partial charge in [-0.05, 0) is 49.2 Å². The number of hydrogen-bond donors (Lipinski definition) is 3. The number of fused-ring (bicyclic) bond motifs is 1. The normalized spacial score (nSPS) is 19.8. The highest BCUT2D eigenvalue weighted by Crippen LogP contribution is 2.39.